The molecule has 0 saturated carbocycles. The molecule has 4 heteroatoms. The second-order valence-corrected chi connectivity index (χ2v) is 3.41. The standard InChI is InChI=1S/C10H14FNO2/c1-6(2)9(13)8-7(14-3)4-5-12-10(8)11/h4-6,9,13H,1-3H3. The monoisotopic (exact) mass is 199 g/mol. The van der Waals surface area contributed by atoms with Gasteiger partial charge in [0.05, 0.1) is 18.8 Å². The van der Waals surface area contributed by atoms with Crippen molar-refractivity contribution in [2.24, 2.45) is 5.92 Å². The van der Waals surface area contributed by atoms with E-state index in [1.165, 1.54) is 19.4 Å². The van der Waals surface area contributed by atoms with Crippen LogP contribution in [0.5, 0.6) is 5.75 Å². The molecule has 0 spiro atoms. The summed E-state index contributed by atoms with van der Waals surface area (Å²) >= 11 is 0. The number of methoxy groups -OCH3 is 1. The van der Waals surface area contributed by atoms with Gasteiger partial charge in [-0.15, -0.1) is 0 Å². The zero-order valence-electron chi connectivity index (χ0n) is 8.49. The molecular formula is C10H14FNO2. The number of aliphatic hydroxyl groups excluding tert-OH is 1. The number of hydrogen-bond donors (Lipinski definition) is 1. The van der Waals surface area contributed by atoms with Crippen LogP contribution in [0.2, 0.25) is 0 Å². The van der Waals surface area contributed by atoms with Gasteiger partial charge in [-0.2, -0.15) is 4.39 Å². The van der Waals surface area contributed by atoms with Crippen molar-refractivity contribution in [1.29, 1.82) is 0 Å². The average Bonchev–Trinajstić information content (AvgIpc) is 2.16. The fourth-order valence-electron chi connectivity index (χ4n) is 1.21. The number of halogens is 1. The molecule has 1 rings (SSSR count). The maximum absolute atomic E-state index is 13.3. The molecular weight excluding hydrogens is 185 g/mol. The van der Waals surface area contributed by atoms with Gasteiger partial charge in [-0.1, -0.05) is 13.8 Å². The van der Waals surface area contributed by atoms with E-state index in [2.05, 4.69) is 4.98 Å². The number of pyridine rings is 1. The van der Waals surface area contributed by atoms with Crippen LogP contribution >= 0.6 is 0 Å². The predicted octanol–water partition coefficient (Wildman–Crippen LogP) is 1.92. The Kier molecular flexibility index (Phi) is 3.41. The average molecular weight is 199 g/mol. The Morgan fingerprint density at radius 3 is 2.64 bits per heavy atom. The van der Waals surface area contributed by atoms with E-state index in [1.807, 2.05) is 0 Å². The molecule has 0 fully saturated rings. The molecule has 78 valence electrons. The molecule has 0 amide bonds. The molecule has 0 saturated heterocycles. The first kappa shape index (κ1) is 10.9. The third-order valence-electron chi connectivity index (χ3n) is 2.05. The maximum Gasteiger partial charge on any atom is 0.222 e. The fraction of sp³-hybridized carbons (Fsp3) is 0.500. The number of hydrogen-bond acceptors (Lipinski definition) is 3. The van der Waals surface area contributed by atoms with Gasteiger partial charge in [0.15, 0.2) is 0 Å². The second-order valence-electron chi connectivity index (χ2n) is 3.41. The molecule has 14 heavy (non-hydrogen) atoms. The van der Waals surface area contributed by atoms with Gasteiger partial charge in [-0.05, 0) is 12.0 Å². The molecule has 0 aliphatic carbocycles. The summed E-state index contributed by atoms with van der Waals surface area (Å²) in [5.74, 6) is -0.424. The summed E-state index contributed by atoms with van der Waals surface area (Å²) in [4.78, 5) is 3.48. The van der Waals surface area contributed by atoms with Crippen LogP contribution in [0, 0.1) is 11.9 Å². The summed E-state index contributed by atoms with van der Waals surface area (Å²) in [5, 5.41) is 9.73. The summed E-state index contributed by atoms with van der Waals surface area (Å²) in [5.41, 5.74) is 0.130. The van der Waals surface area contributed by atoms with Gasteiger partial charge < -0.3 is 9.84 Å². The van der Waals surface area contributed by atoms with Gasteiger partial charge in [-0.3, -0.25) is 0 Å². The zero-order valence-corrected chi connectivity index (χ0v) is 8.49. The van der Waals surface area contributed by atoms with Crippen LogP contribution in [-0.2, 0) is 0 Å². The molecule has 0 bridgehead atoms. The number of nitrogens with zero attached hydrogens (tertiary/aromatic N) is 1. The van der Waals surface area contributed by atoms with Crippen LogP contribution in [0.3, 0.4) is 0 Å². The lowest BCUT2D eigenvalue weighted by molar-refractivity contribution is 0.118. The number of ether oxygens (including phenoxy) is 1. The molecule has 1 aromatic rings. The molecule has 1 unspecified atom stereocenters. The van der Waals surface area contributed by atoms with E-state index in [-0.39, 0.29) is 11.5 Å². The number of aliphatic hydroxyl groups is 1. The van der Waals surface area contributed by atoms with Crippen molar-refractivity contribution in [3.63, 3.8) is 0 Å². The summed E-state index contributed by atoms with van der Waals surface area (Å²) in [6, 6.07) is 1.53. The normalized spacial score (nSPS) is 13.0. The van der Waals surface area contributed by atoms with Crippen LogP contribution < -0.4 is 4.74 Å². The lowest BCUT2D eigenvalue weighted by Gasteiger charge is -2.17. The highest BCUT2D eigenvalue weighted by atomic mass is 19.1. The van der Waals surface area contributed by atoms with Crippen molar-refractivity contribution in [1.82, 2.24) is 4.98 Å². The van der Waals surface area contributed by atoms with Crippen LogP contribution in [-0.4, -0.2) is 17.2 Å². The minimum absolute atomic E-state index is 0.0809. The van der Waals surface area contributed by atoms with E-state index in [1.54, 1.807) is 13.8 Å². The third kappa shape index (κ3) is 2.01. The second kappa shape index (κ2) is 4.37. The smallest absolute Gasteiger partial charge is 0.222 e. The van der Waals surface area contributed by atoms with Crippen molar-refractivity contribution < 1.29 is 14.2 Å². The first-order valence-corrected chi connectivity index (χ1v) is 4.44. The summed E-state index contributed by atoms with van der Waals surface area (Å²) in [7, 11) is 1.44. The van der Waals surface area contributed by atoms with Crippen LogP contribution in [0.25, 0.3) is 0 Å². The van der Waals surface area contributed by atoms with Gasteiger partial charge in [0.25, 0.3) is 0 Å². The first-order chi connectivity index (χ1) is 6.57. The largest absolute Gasteiger partial charge is 0.496 e. The quantitative estimate of drug-likeness (QED) is 0.756. The highest BCUT2D eigenvalue weighted by Gasteiger charge is 2.21. The van der Waals surface area contributed by atoms with E-state index in [0.717, 1.165) is 0 Å². The van der Waals surface area contributed by atoms with Gasteiger partial charge in [0.1, 0.15) is 5.75 Å². The van der Waals surface area contributed by atoms with Crippen molar-refractivity contribution in [2.75, 3.05) is 7.11 Å². The molecule has 1 aromatic heterocycles. The summed E-state index contributed by atoms with van der Waals surface area (Å²) in [6.07, 6.45) is 0.420. The Balaban J connectivity index is 3.16. The van der Waals surface area contributed by atoms with Crippen molar-refractivity contribution in [2.45, 2.75) is 20.0 Å². The Morgan fingerprint density at radius 2 is 2.14 bits per heavy atom. The molecule has 3 nitrogen and oxygen atoms in total. The van der Waals surface area contributed by atoms with E-state index in [0.29, 0.717) is 5.75 Å². The highest BCUT2D eigenvalue weighted by molar-refractivity contribution is 5.33. The Hall–Kier alpha value is -1.16. The van der Waals surface area contributed by atoms with Crippen LogP contribution in [0.15, 0.2) is 12.3 Å². The highest BCUT2D eigenvalue weighted by Crippen LogP contribution is 2.30. The number of rotatable bonds is 3. The van der Waals surface area contributed by atoms with Crippen LogP contribution in [0.1, 0.15) is 25.5 Å². The summed E-state index contributed by atoms with van der Waals surface area (Å²) in [6.45, 7) is 3.60. The molecule has 1 atom stereocenters. The first-order valence-electron chi connectivity index (χ1n) is 4.44. The van der Waals surface area contributed by atoms with E-state index in [9.17, 15) is 9.50 Å². The van der Waals surface area contributed by atoms with Crippen molar-refractivity contribution in [3.05, 3.63) is 23.8 Å². The summed E-state index contributed by atoms with van der Waals surface area (Å²) < 4.78 is 18.3. The van der Waals surface area contributed by atoms with E-state index in [4.69, 9.17) is 4.74 Å². The van der Waals surface area contributed by atoms with Crippen molar-refractivity contribution >= 4 is 0 Å². The molecule has 0 aliphatic rings. The fourth-order valence-corrected chi connectivity index (χ4v) is 1.21. The molecule has 0 aliphatic heterocycles. The van der Waals surface area contributed by atoms with Gasteiger partial charge in [0.2, 0.25) is 5.95 Å². The minimum Gasteiger partial charge on any atom is -0.496 e. The van der Waals surface area contributed by atoms with Gasteiger partial charge >= 0.3 is 0 Å². The maximum atomic E-state index is 13.3. The predicted molar refractivity (Wildman–Crippen MR) is 50.5 cm³/mol. The van der Waals surface area contributed by atoms with E-state index < -0.39 is 12.1 Å². The Labute approximate surface area is 82.5 Å². The topological polar surface area (TPSA) is 42.4 Å². The van der Waals surface area contributed by atoms with E-state index >= 15 is 0 Å². The lowest BCUT2D eigenvalue weighted by atomic mass is 10.00. The van der Waals surface area contributed by atoms with Gasteiger partial charge in [0, 0.05) is 6.20 Å². The molecule has 0 aromatic carbocycles. The lowest BCUT2D eigenvalue weighted by Crippen LogP contribution is -2.10. The molecule has 0 radical (unpaired) electrons. The van der Waals surface area contributed by atoms with Crippen molar-refractivity contribution in [3.8, 4) is 5.75 Å². The zero-order chi connectivity index (χ0) is 10.7. The van der Waals surface area contributed by atoms with Crippen LogP contribution in [0.4, 0.5) is 4.39 Å². The third-order valence-corrected chi connectivity index (χ3v) is 2.05. The Morgan fingerprint density at radius 1 is 1.50 bits per heavy atom. The SMILES string of the molecule is COc1ccnc(F)c1C(O)C(C)C. The molecule has 1 N–H and O–H groups in total. The van der Waals surface area contributed by atoms with Gasteiger partial charge in [-0.25, -0.2) is 4.98 Å². The minimum atomic E-state index is -0.890. The molecule has 1 heterocycles. The number of aromatic nitrogens is 1. The Bertz CT molecular complexity index is 315.